The molecule has 2 aromatic heterocycles. The lowest BCUT2D eigenvalue weighted by Crippen LogP contribution is -2.17. The fourth-order valence-corrected chi connectivity index (χ4v) is 3.70. The Labute approximate surface area is 113 Å². The third-order valence-electron chi connectivity index (χ3n) is 3.52. The van der Waals surface area contributed by atoms with E-state index >= 15 is 0 Å². The molecule has 0 N–H and O–H groups in total. The summed E-state index contributed by atoms with van der Waals surface area (Å²) in [7, 11) is 0. The minimum Gasteiger partial charge on any atom is -0.421 e. The molecule has 19 heavy (non-hydrogen) atoms. The van der Waals surface area contributed by atoms with Crippen LogP contribution in [0, 0.1) is 0 Å². The standard InChI is InChI=1S/C14H12N2O2S/c17-13-11-12(9-5-1-2-6-10(9)18-13)19-14(15-11)16-7-3-4-8-16/h1-2,5-6H,3-4,7-8H2. The van der Waals surface area contributed by atoms with Crippen LogP contribution in [-0.4, -0.2) is 18.1 Å². The summed E-state index contributed by atoms with van der Waals surface area (Å²) < 4.78 is 6.26. The molecule has 4 nitrogen and oxygen atoms in total. The summed E-state index contributed by atoms with van der Waals surface area (Å²) in [6.07, 6.45) is 2.40. The lowest BCUT2D eigenvalue weighted by molar-refractivity contribution is 0.568. The van der Waals surface area contributed by atoms with Gasteiger partial charge in [-0.15, -0.1) is 0 Å². The van der Waals surface area contributed by atoms with Crippen LogP contribution in [-0.2, 0) is 0 Å². The van der Waals surface area contributed by atoms with Gasteiger partial charge in [0.05, 0.1) is 4.70 Å². The van der Waals surface area contributed by atoms with E-state index in [4.69, 9.17) is 4.42 Å². The molecule has 0 unspecified atom stereocenters. The Hall–Kier alpha value is -1.88. The predicted octanol–water partition coefficient (Wildman–Crippen LogP) is 3.00. The van der Waals surface area contributed by atoms with E-state index in [1.54, 1.807) is 11.3 Å². The molecule has 0 aliphatic carbocycles. The fraction of sp³-hybridized carbons (Fsp3) is 0.286. The lowest BCUT2D eigenvalue weighted by Gasteiger charge is -2.11. The maximum atomic E-state index is 12.0. The van der Waals surface area contributed by atoms with Crippen molar-refractivity contribution in [2.24, 2.45) is 0 Å². The van der Waals surface area contributed by atoms with E-state index in [2.05, 4.69) is 9.88 Å². The van der Waals surface area contributed by atoms with Gasteiger partial charge >= 0.3 is 5.63 Å². The van der Waals surface area contributed by atoms with Crippen molar-refractivity contribution in [2.45, 2.75) is 12.8 Å². The molecule has 0 bridgehead atoms. The molecule has 0 radical (unpaired) electrons. The topological polar surface area (TPSA) is 46.3 Å². The molecule has 0 amide bonds. The van der Waals surface area contributed by atoms with Gasteiger partial charge in [-0.05, 0) is 25.0 Å². The predicted molar refractivity (Wildman–Crippen MR) is 77.1 cm³/mol. The monoisotopic (exact) mass is 272 g/mol. The number of para-hydroxylation sites is 1. The third kappa shape index (κ3) is 1.65. The molecule has 0 atom stereocenters. The zero-order valence-corrected chi connectivity index (χ0v) is 11.1. The summed E-state index contributed by atoms with van der Waals surface area (Å²) in [4.78, 5) is 18.7. The van der Waals surface area contributed by atoms with Gasteiger partial charge in [0.25, 0.3) is 0 Å². The van der Waals surface area contributed by atoms with E-state index in [9.17, 15) is 4.79 Å². The molecule has 5 heteroatoms. The number of aromatic nitrogens is 1. The first-order valence-corrected chi connectivity index (χ1v) is 7.22. The van der Waals surface area contributed by atoms with E-state index in [1.165, 1.54) is 12.8 Å². The van der Waals surface area contributed by atoms with Gasteiger partial charge in [0.2, 0.25) is 0 Å². The SMILES string of the molecule is O=c1oc2ccccc2c2sc(N3CCCC3)nc12. The van der Waals surface area contributed by atoms with Gasteiger partial charge in [0, 0.05) is 18.5 Å². The summed E-state index contributed by atoms with van der Waals surface area (Å²) in [5.41, 5.74) is 0.762. The van der Waals surface area contributed by atoms with Crippen LogP contribution < -0.4 is 10.5 Å². The van der Waals surface area contributed by atoms with Crippen LogP contribution in [0.5, 0.6) is 0 Å². The van der Waals surface area contributed by atoms with Crippen molar-refractivity contribution >= 4 is 37.7 Å². The molecule has 0 saturated carbocycles. The average Bonchev–Trinajstić information content (AvgIpc) is 3.08. The highest BCUT2D eigenvalue weighted by Gasteiger charge is 2.19. The molecule has 1 aliphatic rings. The van der Waals surface area contributed by atoms with Crippen molar-refractivity contribution in [3.8, 4) is 0 Å². The van der Waals surface area contributed by atoms with Crippen molar-refractivity contribution in [1.29, 1.82) is 0 Å². The van der Waals surface area contributed by atoms with Crippen LogP contribution in [0.2, 0.25) is 0 Å². The number of thiazole rings is 1. The molecule has 3 heterocycles. The van der Waals surface area contributed by atoms with Crippen LogP contribution in [0.15, 0.2) is 33.5 Å². The second-order valence-corrected chi connectivity index (χ2v) is 5.73. The molecule has 1 saturated heterocycles. The Bertz CT molecular complexity index is 815. The van der Waals surface area contributed by atoms with Crippen molar-refractivity contribution in [1.82, 2.24) is 4.98 Å². The number of rotatable bonds is 1. The summed E-state index contributed by atoms with van der Waals surface area (Å²) in [5.74, 6) is 0. The van der Waals surface area contributed by atoms with E-state index in [0.717, 1.165) is 28.3 Å². The Kier molecular flexibility index (Phi) is 2.35. The molecule has 96 valence electrons. The quantitative estimate of drug-likeness (QED) is 0.639. The van der Waals surface area contributed by atoms with E-state index in [-0.39, 0.29) is 5.63 Å². The molecule has 0 spiro atoms. The highest BCUT2D eigenvalue weighted by molar-refractivity contribution is 7.23. The van der Waals surface area contributed by atoms with Gasteiger partial charge in [-0.2, -0.15) is 0 Å². The zero-order chi connectivity index (χ0) is 12.8. The summed E-state index contributed by atoms with van der Waals surface area (Å²) in [6, 6.07) is 7.63. The number of fused-ring (bicyclic) bond motifs is 3. The number of nitrogens with zero attached hydrogens (tertiary/aromatic N) is 2. The number of benzene rings is 1. The van der Waals surface area contributed by atoms with Crippen molar-refractivity contribution in [2.75, 3.05) is 18.0 Å². The smallest absolute Gasteiger partial charge is 0.363 e. The van der Waals surface area contributed by atoms with E-state index in [0.29, 0.717) is 11.1 Å². The zero-order valence-electron chi connectivity index (χ0n) is 10.3. The molecule has 3 aromatic rings. The molecular weight excluding hydrogens is 260 g/mol. The van der Waals surface area contributed by atoms with Gasteiger partial charge in [0.1, 0.15) is 5.58 Å². The molecule has 1 aromatic carbocycles. The second-order valence-electron chi connectivity index (χ2n) is 4.75. The minimum absolute atomic E-state index is 0.338. The fourth-order valence-electron chi connectivity index (χ4n) is 2.56. The van der Waals surface area contributed by atoms with Crippen LogP contribution in [0.1, 0.15) is 12.8 Å². The van der Waals surface area contributed by atoms with Crippen molar-refractivity contribution < 1.29 is 4.42 Å². The third-order valence-corrected chi connectivity index (χ3v) is 4.67. The largest absolute Gasteiger partial charge is 0.421 e. The number of hydrogen-bond donors (Lipinski definition) is 0. The minimum atomic E-state index is -0.338. The van der Waals surface area contributed by atoms with Gasteiger partial charge < -0.3 is 9.32 Å². The van der Waals surface area contributed by atoms with Crippen LogP contribution in [0.3, 0.4) is 0 Å². The van der Waals surface area contributed by atoms with Crippen molar-refractivity contribution in [3.05, 3.63) is 34.7 Å². The Morgan fingerprint density at radius 2 is 2.00 bits per heavy atom. The van der Waals surface area contributed by atoms with Gasteiger partial charge in [0.15, 0.2) is 10.6 Å². The second kappa shape index (κ2) is 4.06. The van der Waals surface area contributed by atoms with Crippen LogP contribution in [0.25, 0.3) is 21.2 Å². The van der Waals surface area contributed by atoms with E-state index < -0.39 is 0 Å². The van der Waals surface area contributed by atoms with Gasteiger partial charge in [-0.3, -0.25) is 0 Å². The summed E-state index contributed by atoms with van der Waals surface area (Å²) in [6.45, 7) is 2.06. The Balaban J connectivity index is 2.03. The Morgan fingerprint density at radius 1 is 1.21 bits per heavy atom. The van der Waals surface area contributed by atoms with Crippen LogP contribution >= 0.6 is 11.3 Å². The van der Waals surface area contributed by atoms with Crippen LogP contribution in [0.4, 0.5) is 5.13 Å². The summed E-state index contributed by atoms with van der Waals surface area (Å²) in [5, 5.41) is 1.91. The number of anilines is 1. The Morgan fingerprint density at radius 3 is 2.84 bits per heavy atom. The molecular formula is C14H12N2O2S. The highest BCUT2D eigenvalue weighted by atomic mass is 32.1. The first-order chi connectivity index (χ1) is 9.33. The maximum Gasteiger partial charge on any atom is 0.363 e. The molecule has 1 fully saturated rings. The molecule has 4 rings (SSSR count). The molecule has 1 aliphatic heterocycles. The number of hydrogen-bond acceptors (Lipinski definition) is 5. The highest BCUT2D eigenvalue weighted by Crippen LogP contribution is 2.33. The van der Waals surface area contributed by atoms with Gasteiger partial charge in [-0.25, -0.2) is 9.78 Å². The maximum absolute atomic E-state index is 12.0. The first kappa shape index (κ1) is 11.0. The normalized spacial score (nSPS) is 15.7. The van der Waals surface area contributed by atoms with Crippen molar-refractivity contribution in [3.63, 3.8) is 0 Å². The van der Waals surface area contributed by atoms with Gasteiger partial charge in [-0.1, -0.05) is 23.5 Å². The first-order valence-electron chi connectivity index (χ1n) is 6.40. The lowest BCUT2D eigenvalue weighted by atomic mass is 10.2. The average molecular weight is 272 g/mol. The summed E-state index contributed by atoms with van der Waals surface area (Å²) >= 11 is 1.59. The van der Waals surface area contributed by atoms with E-state index in [1.807, 2.05) is 24.3 Å².